The summed E-state index contributed by atoms with van der Waals surface area (Å²) >= 11 is 0. The van der Waals surface area contributed by atoms with Crippen LogP contribution in [-0.4, -0.2) is 23.1 Å². The number of rotatable bonds is 3. The van der Waals surface area contributed by atoms with E-state index < -0.39 is 0 Å². The summed E-state index contributed by atoms with van der Waals surface area (Å²) in [5.41, 5.74) is 3.75. The van der Waals surface area contributed by atoms with Crippen molar-refractivity contribution in [3.05, 3.63) is 66.4 Å². The highest BCUT2D eigenvalue weighted by Gasteiger charge is 2.19. The summed E-state index contributed by atoms with van der Waals surface area (Å²) in [5.74, 6) is 0.803. The van der Waals surface area contributed by atoms with Crippen LogP contribution in [-0.2, 0) is 11.2 Å². The van der Waals surface area contributed by atoms with Crippen molar-refractivity contribution in [1.29, 1.82) is 0 Å². The van der Waals surface area contributed by atoms with E-state index in [4.69, 9.17) is 4.74 Å². The van der Waals surface area contributed by atoms with Gasteiger partial charge in [-0.15, -0.1) is 0 Å². The summed E-state index contributed by atoms with van der Waals surface area (Å²) in [6, 6.07) is 19.2. The van der Waals surface area contributed by atoms with Crippen LogP contribution in [0.15, 0.2) is 65.8 Å². The minimum Gasteiger partial charge on any atom is -0.479 e. The van der Waals surface area contributed by atoms with Gasteiger partial charge in [0.2, 0.25) is 0 Å². The lowest BCUT2D eigenvalue weighted by Gasteiger charge is -2.04. The Bertz CT molecular complexity index is 833. The molecule has 1 aromatic heterocycles. The highest BCUT2D eigenvalue weighted by atomic mass is 16.5. The predicted molar refractivity (Wildman–Crippen MR) is 89.8 cm³/mol. The van der Waals surface area contributed by atoms with Crippen molar-refractivity contribution in [3.8, 4) is 5.69 Å². The Morgan fingerprint density at radius 1 is 1.09 bits per heavy atom. The van der Waals surface area contributed by atoms with Gasteiger partial charge in [-0.1, -0.05) is 36.4 Å². The molecule has 0 saturated carbocycles. The van der Waals surface area contributed by atoms with Gasteiger partial charge in [0.15, 0.2) is 5.90 Å². The van der Waals surface area contributed by atoms with E-state index in [0.717, 1.165) is 12.3 Å². The first-order valence-electron chi connectivity index (χ1n) is 7.63. The van der Waals surface area contributed by atoms with Crippen LogP contribution >= 0.6 is 0 Å². The summed E-state index contributed by atoms with van der Waals surface area (Å²) in [6.45, 7) is 2.62. The Labute approximate surface area is 129 Å². The molecule has 0 saturated heterocycles. The molecule has 110 valence electrons. The molecule has 0 radical (unpaired) electrons. The first kappa shape index (κ1) is 13.1. The zero-order valence-electron chi connectivity index (χ0n) is 12.6. The number of aromatic nitrogens is 1. The van der Waals surface area contributed by atoms with Crippen molar-refractivity contribution < 1.29 is 4.74 Å². The van der Waals surface area contributed by atoms with Gasteiger partial charge in [-0.3, -0.25) is 0 Å². The highest BCUT2D eigenvalue weighted by Crippen LogP contribution is 2.26. The van der Waals surface area contributed by atoms with E-state index in [0.29, 0.717) is 6.61 Å². The number of nitrogens with zero attached hydrogens (tertiary/aromatic N) is 2. The van der Waals surface area contributed by atoms with E-state index in [2.05, 4.69) is 64.3 Å². The highest BCUT2D eigenvalue weighted by molar-refractivity contribution is 5.86. The van der Waals surface area contributed by atoms with Crippen LogP contribution in [0.5, 0.6) is 0 Å². The zero-order chi connectivity index (χ0) is 14.9. The smallest absolute Gasteiger partial charge is 0.180 e. The fourth-order valence-corrected chi connectivity index (χ4v) is 3.12. The Morgan fingerprint density at radius 3 is 2.64 bits per heavy atom. The second kappa shape index (κ2) is 5.34. The normalized spacial score (nSPS) is 17.5. The summed E-state index contributed by atoms with van der Waals surface area (Å²) in [7, 11) is 0. The second-order valence-corrected chi connectivity index (χ2v) is 5.69. The number of aliphatic imine (C=N–C) groups is 1. The van der Waals surface area contributed by atoms with E-state index in [1.54, 1.807) is 0 Å². The van der Waals surface area contributed by atoms with Crippen LogP contribution in [0, 0.1) is 0 Å². The fraction of sp³-hybridized carbons (Fsp3) is 0.211. The molecular weight excluding hydrogens is 272 g/mol. The molecule has 0 bridgehead atoms. The molecule has 0 aliphatic carbocycles. The van der Waals surface area contributed by atoms with Crippen LogP contribution in [0.25, 0.3) is 16.6 Å². The molecule has 4 rings (SSSR count). The molecule has 0 N–H and O–H groups in total. The molecule has 2 heterocycles. The standard InChI is InChI=1S/C19H18N2O/c1-14-20-16(13-22-14)11-15-12-21(17-7-3-2-4-8-17)19-10-6-5-9-18(15)19/h2-10,12,16H,11,13H2,1H3. The molecular formula is C19H18N2O. The van der Waals surface area contributed by atoms with E-state index in [9.17, 15) is 0 Å². The maximum absolute atomic E-state index is 5.48. The van der Waals surface area contributed by atoms with Crippen LogP contribution < -0.4 is 0 Å². The quantitative estimate of drug-likeness (QED) is 0.716. The average Bonchev–Trinajstić information content (AvgIpc) is 3.13. The van der Waals surface area contributed by atoms with E-state index in [1.807, 2.05) is 13.0 Å². The lowest BCUT2D eigenvalue weighted by Crippen LogP contribution is -2.09. The van der Waals surface area contributed by atoms with Gasteiger partial charge in [0, 0.05) is 30.6 Å². The zero-order valence-corrected chi connectivity index (χ0v) is 12.6. The Morgan fingerprint density at radius 2 is 1.86 bits per heavy atom. The molecule has 3 heteroatoms. The fourth-order valence-electron chi connectivity index (χ4n) is 3.12. The van der Waals surface area contributed by atoms with Gasteiger partial charge in [-0.25, -0.2) is 4.99 Å². The first-order chi connectivity index (χ1) is 10.8. The largest absolute Gasteiger partial charge is 0.479 e. The molecule has 1 atom stereocenters. The molecule has 3 nitrogen and oxygen atoms in total. The summed E-state index contributed by atoms with van der Waals surface area (Å²) in [4.78, 5) is 4.56. The lowest BCUT2D eigenvalue weighted by molar-refractivity contribution is 0.314. The number of benzene rings is 2. The molecule has 0 amide bonds. The Hall–Kier alpha value is -2.55. The first-order valence-corrected chi connectivity index (χ1v) is 7.63. The third-order valence-corrected chi connectivity index (χ3v) is 4.13. The average molecular weight is 290 g/mol. The van der Waals surface area contributed by atoms with Gasteiger partial charge in [0.05, 0.1) is 11.6 Å². The predicted octanol–water partition coefficient (Wildman–Crippen LogP) is 3.99. The van der Waals surface area contributed by atoms with Crippen molar-refractivity contribution in [2.75, 3.05) is 6.61 Å². The topological polar surface area (TPSA) is 26.5 Å². The number of ether oxygens (including phenoxy) is 1. The molecule has 0 spiro atoms. The number of fused-ring (bicyclic) bond motifs is 1. The summed E-state index contributed by atoms with van der Waals surface area (Å²) < 4.78 is 7.75. The molecule has 22 heavy (non-hydrogen) atoms. The van der Waals surface area contributed by atoms with E-state index in [1.165, 1.54) is 22.2 Å². The Balaban J connectivity index is 1.79. The van der Waals surface area contributed by atoms with Crippen molar-refractivity contribution in [2.24, 2.45) is 4.99 Å². The van der Waals surface area contributed by atoms with Crippen molar-refractivity contribution >= 4 is 16.8 Å². The molecule has 1 unspecified atom stereocenters. The van der Waals surface area contributed by atoms with Gasteiger partial charge in [0.1, 0.15) is 6.61 Å². The minimum absolute atomic E-state index is 0.232. The monoisotopic (exact) mass is 290 g/mol. The van der Waals surface area contributed by atoms with Gasteiger partial charge < -0.3 is 9.30 Å². The van der Waals surface area contributed by atoms with Crippen LogP contribution in [0.1, 0.15) is 12.5 Å². The lowest BCUT2D eigenvalue weighted by atomic mass is 10.1. The van der Waals surface area contributed by atoms with Gasteiger partial charge in [-0.05, 0) is 23.8 Å². The van der Waals surface area contributed by atoms with Crippen molar-refractivity contribution in [2.45, 2.75) is 19.4 Å². The van der Waals surface area contributed by atoms with Crippen molar-refractivity contribution in [3.63, 3.8) is 0 Å². The maximum atomic E-state index is 5.48. The third-order valence-electron chi connectivity index (χ3n) is 4.13. The van der Waals surface area contributed by atoms with Gasteiger partial charge >= 0.3 is 0 Å². The van der Waals surface area contributed by atoms with Gasteiger partial charge in [-0.2, -0.15) is 0 Å². The Kier molecular flexibility index (Phi) is 3.19. The molecule has 0 fully saturated rings. The van der Waals surface area contributed by atoms with Gasteiger partial charge in [0.25, 0.3) is 0 Å². The molecule has 2 aromatic carbocycles. The molecule has 1 aliphatic rings. The third kappa shape index (κ3) is 2.29. The van der Waals surface area contributed by atoms with E-state index in [-0.39, 0.29) is 6.04 Å². The molecule has 1 aliphatic heterocycles. The van der Waals surface area contributed by atoms with Crippen LogP contribution in [0.4, 0.5) is 0 Å². The van der Waals surface area contributed by atoms with E-state index >= 15 is 0 Å². The van der Waals surface area contributed by atoms with Crippen molar-refractivity contribution in [1.82, 2.24) is 4.57 Å². The minimum atomic E-state index is 0.232. The second-order valence-electron chi connectivity index (χ2n) is 5.69. The van der Waals surface area contributed by atoms with Crippen LogP contribution in [0.3, 0.4) is 0 Å². The SMILES string of the molecule is CC1=NC(Cc2cn(-c3ccccc3)c3ccccc23)CO1. The van der Waals surface area contributed by atoms with Crippen LogP contribution in [0.2, 0.25) is 0 Å². The summed E-state index contributed by atoms with van der Waals surface area (Å²) in [5, 5.41) is 1.30. The summed E-state index contributed by atoms with van der Waals surface area (Å²) in [6.07, 6.45) is 3.15. The number of para-hydroxylation sites is 2. The maximum Gasteiger partial charge on any atom is 0.180 e. The number of hydrogen-bond acceptors (Lipinski definition) is 2. The molecule has 3 aromatic rings. The number of hydrogen-bond donors (Lipinski definition) is 0.